The average Bonchev–Trinajstić information content (AvgIpc) is 2.49. The number of nitrogens with one attached hydrogen (secondary N) is 1. The molecular formula is C10H11ClFN2-. The second-order valence-corrected chi connectivity index (χ2v) is 3.04. The molecule has 0 saturated heterocycles. The van der Waals surface area contributed by atoms with E-state index in [-0.39, 0.29) is 18.2 Å². The minimum Gasteiger partial charge on any atom is -1.00 e. The zero-order chi connectivity index (χ0) is 9.26. The first kappa shape index (κ1) is 11.0. The standard InChI is InChI=1S/C10H11FN2.ClH/c11-8-1-2-10-9(5-8)7(3-4-12)6-13-10;/h1-2,5-6,13H,3-4,12H2;1H/p-1. The van der Waals surface area contributed by atoms with E-state index < -0.39 is 0 Å². The number of hydrogen-bond donors (Lipinski definition) is 2. The van der Waals surface area contributed by atoms with Crippen molar-refractivity contribution in [2.75, 3.05) is 6.54 Å². The van der Waals surface area contributed by atoms with Crippen LogP contribution in [0.1, 0.15) is 5.56 Å². The smallest absolute Gasteiger partial charge is 0.123 e. The first-order chi connectivity index (χ1) is 6.31. The van der Waals surface area contributed by atoms with E-state index >= 15 is 0 Å². The molecule has 2 nitrogen and oxygen atoms in total. The van der Waals surface area contributed by atoms with Crippen LogP contribution in [-0.2, 0) is 6.42 Å². The maximum absolute atomic E-state index is 12.9. The number of aromatic amines is 1. The van der Waals surface area contributed by atoms with Gasteiger partial charge in [0, 0.05) is 17.1 Å². The molecule has 1 aromatic heterocycles. The van der Waals surface area contributed by atoms with E-state index in [2.05, 4.69) is 4.98 Å². The summed E-state index contributed by atoms with van der Waals surface area (Å²) in [4.78, 5) is 3.08. The lowest BCUT2D eigenvalue weighted by Gasteiger charge is -1.95. The van der Waals surface area contributed by atoms with Crippen LogP contribution in [0.3, 0.4) is 0 Å². The van der Waals surface area contributed by atoms with Crippen LogP contribution in [-0.4, -0.2) is 11.5 Å². The summed E-state index contributed by atoms with van der Waals surface area (Å²) < 4.78 is 12.9. The van der Waals surface area contributed by atoms with E-state index in [0.717, 1.165) is 22.9 Å². The van der Waals surface area contributed by atoms with E-state index in [1.165, 1.54) is 12.1 Å². The van der Waals surface area contributed by atoms with E-state index in [1.54, 1.807) is 6.07 Å². The summed E-state index contributed by atoms with van der Waals surface area (Å²) in [5.41, 5.74) is 7.48. The van der Waals surface area contributed by atoms with Gasteiger partial charge in [-0.05, 0) is 36.7 Å². The molecule has 2 rings (SSSR count). The van der Waals surface area contributed by atoms with Crippen molar-refractivity contribution in [2.24, 2.45) is 5.73 Å². The zero-order valence-corrected chi connectivity index (χ0v) is 8.31. The Balaban J connectivity index is 0.000000980. The predicted octanol–water partition coefficient (Wildman–Crippen LogP) is -1.19. The van der Waals surface area contributed by atoms with Gasteiger partial charge in [-0.15, -0.1) is 0 Å². The zero-order valence-electron chi connectivity index (χ0n) is 7.56. The van der Waals surface area contributed by atoms with Crippen molar-refractivity contribution in [1.82, 2.24) is 4.98 Å². The Labute approximate surface area is 87.7 Å². The molecular weight excluding hydrogens is 203 g/mol. The molecule has 0 aliphatic carbocycles. The molecule has 0 spiro atoms. The van der Waals surface area contributed by atoms with Gasteiger partial charge in [-0.3, -0.25) is 0 Å². The third-order valence-electron chi connectivity index (χ3n) is 2.14. The number of halogens is 2. The van der Waals surface area contributed by atoms with Crippen LogP contribution in [0.5, 0.6) is 0 Å². The van der Waals surface area contributed by atoms with Crippen LogP contribution in [0.2, 0.25) is 0 Å². The molecule has 76 valence electrons. The lowest BCUT2D eigenvalue weighted by atomic mass is 10.1. The predicted molar refractivity (Wildman–Crippen MR) is 51.0 cm³/mol. The highest BCUT2D eigenvalue weighted by Gasteiger charge is 2.03. The summed E-state index contributed by atoms with van der Waals surface area (Å²) in [7, 11) is 0. The molecule has 1 aromatic carbocycles. The number of rotatable bonds is 2. The highest BCUT2D eigenvalue weighted by Crippen LogP contribution is 2.19. The molecule has 0 atom stereocenters. The Morgan fingerprint density at radius 2 is 2.14 bits per heavy atom. The highest BCUT2D eigenvalue weighted by molar-refractivity contribution is 5.83. The number of benzene rings is 1. The molecule has 1 heterocycles. The number of fused-ring (bicyclic) bond motifs is 1. The van der Waals surface area contributed by atoms with Gasteiger partial charge in [-0.1, -0.05) is 0 Å². The molecule has 0 radical (unpaired) electrons. The van der Waals surface area contributed by atoms with E-state index in [0.29, 0.717) is 6.54 Å². The normalized spacial score (nSPS) is 10.1. The van der Waals surface area contributed by atoms with Crippen molar-refractivity contribution >= 4 is 10.9 Å². The third-order valence-corrected chi connectivity index (χ3v) is 2.14. The monoisotopic (exact) mass is 213 g/mol. The largest absolute Gasteiger partial charge is 1.00 e. The van der Waals surface area contributed by atoms with E-state index in [9.17, 15) is 4.39 Å². The highest BCUT2D eigenvalue weighted by atomic mass is 35.5. The number of aromatic nitrogens is 1. The second kappa shape index (κ2) is 4.44. The summed E-state index contributed by atoms with van der Waals surface area (Å²) in [6.45, 7) is 0.587. The molecule has 0 saturated carbocycles. The van der Waals surface area contributed by atoms with Gasteiger partial charge in [-0.25, -0.2) is 4.39 Å². The van der Waals surface area contributed by atoms with E-state index in [4.69, 9.17) is 5.73 Å². The van der Waals surface area contributed by atoms with Crippen molar-refractivity contribution in [3.63, 3.8) is 0 Å². The van der Waals surface area contributed by atoms with Gasteiger partial charge in [0.15, 0.2) is 0 Å². The van der Waals surface area contributed by atoms with Crippen LogP contribution in [0, 0.1) is 5.82 Å². The van der Waals surface area contributed by atoms with Gasteiger partial charge in [0.2, 0.25) is 0 Å². The van der Waals surface area contributed by atoms with Crippen LogP contribution in [0.25, 0.3) is 10.9 Å². The number of hydrogen-bond acceptors (Lipinski definition) is 1. The maximum atomic E-state index is 12.9. The van der Waals surface area contributed by atoms with Crippen molar-refractivity contribution in [3.8, 4) is 0 Å². The topological polar surface area (TPSA) is 41.8 Å². The molecule has 4 heteroatoms. The van der Waals surface area contributed by atoms with Crippen LogP contribution in [0.15, 0.2) is 24.4 Å². The first-order valence-corrected chi connectivity index (χ1v) is 4.27. The van der Waals surface area contributed by atoms with Crippen molar-refractivity contribution < 1.29 is 16.8 Å². The Morgan fingerprint density at radius 1 is 1.36 bits per heavy atom. The van der Waals surface area contributed by atoms with Crippen LogP contribution < -0.4 is 18.1 Å². The number of H-pyrrole nitrogens is 1. The maximum Gasteiger partial charge on any atom is 0.123 e. The van der Waals surface area contributed by atoms with Gasteiger partial charge < -0.3 is 23.1 Å². The first-order valence-electron chi connectivity index (χ1n) is 4.27. The Kier molecular flexibility index (Phi) is 3.49. The van der Waals surface area contributed by atoms with Gasteiger partial charge >= 0.3 is 0 Å². The fourth-order valence-electron chi connectivity index (χ4n) is 1.51. The number of nitrogens with two attached hydrogens (primary N) is 1. The Bertz CT molecular complexity index is 425. The molecule has 0 fully saturated rings. The lowest BCUT2D eigenvalue weighted by molar-refractivity contribution is -0.00000338. The van der Waals surface area contributed by atoms with Crippen molar-refractivity contribution in [3.05, 3.63) is 35.8 Å². The fraction of sp³-hybridized carbons (Fsp3) is 0.200. The summed E-state index contributed by atoms with van der Waals surface area (Å²) >= 11 is 0. The third kappa shape index (κ3) is 1.89. The van der Waals surface area contributed by atoms with E-state index in [1.807, 2.05) is 6.20 Å². The summed E-state index contributed by atoms with van der Waals surface area (Å²) in [5.74, 6) is -0.203. The van der Waals surface area contributed by atoms with Crippen molar-refractivity contribution in [1.29, 1.82) is 0 Å². The molecule has 0 bridgehead atoms. The Morgan fingerprint density at radius 3 is 2.86 bits per heavy atom. The molecule has 14 heavy (non-hydrogen) atoms. The quantitative estimate of drug-likeness (QED) is 0.648. The second-order valence-electron chi connectivity index (χ2n) is 3.04. The van der Waals surface area contributed by atoms with Crippen LogP contribution in [0.4, 0.5) is 4.39 Å². The SMILES string of the molecule is NCCc1c[nH]c2ccc(F)cc12.[Cl-]. The molecule has 0 aliphatic rings. The molecule has 3 N–H and O–H groups in total. The summed E-state index contributed by atoms with van der Waals surface area (Å²) in [6, 6.07) is 4.73. The van der Waals surface area contributed by atoms with Gasteiger partial charge in [-0.2, -0.15) is 0 Å². The molecule has 0 aliphatic heterocycles. The van der Waals surface area contributed by atoms with Crippen LogP contribution >= 0.6 is 0 Å². The molecule has 0 unspecified atom stereocenters. The fourth-order valence-corrected chi connectivity index (χ4v) is 1.51. The minimum atomic E-state index is -0.203. The van der Waals surface area contributed by atoms with Crippen molar-refractivity contribution in [2.45, 2.75) is 6.42 Å². The van der Waals surface area contributed by atoms with Gasteiger partial charge in [0.05, 0.1) is 0 Å². The average molecular weight is 214 g/mol. The summed E-state index contributed by atoms with van der Waals surface area (Å²) in [5, 5.41) is 0.936. The molecule has 2 aromatic rings. The van der Waals surface area contributed by atoms with Gasteiger partial charge in [0.25, 0.3) is 0 Å². The minimum absolute atomic E-state index is 0. The molecule has 0 amide bonds. The summed E-state index contributed by atoms with van der Waals surface area (Å²) in [6.07, 6.45) is 2.67. The lowest BCUT2D eigenvalue weighted by Crippen LogP contribution is -3.00. The Hall–Kier alpha value is -1.06. The van der Waals surface area contributed by atoms with Gasteiger partial charge in [0.1, 0.15) is 5.82 Å².